The van der Waals surface area contributed by atoms with Crippen molar-refractivity contribution in [3.8, 4) is 5.75 Å². The normalized spacial score (nSPS) is 20.8. The second-order valence-corrected chi connectivity index (χ2v) is 7.48. The molecule has 1 amide bonds. The second-order valence-electron chi connectivity index (χ2n) is 7.48. The van der Waals surface area contributed by atoms with Crippen molar-refractivity contribution < 1.29 is 23.8 Å². The van der Waals surface area contributed by atoms with Crippen LogP contribution in [-0.4, -0.2) is 60.9 Å². The lowest BCUT2D eigenvalue weighted by atomic mass is 10.1. The number of benzene rings is 1. The van der Waals surface area contributed by atoms with Gasteiger partial charge in [-0.1, -0.05) is 25.5 Å². The number of piperazine rings is 1. The van der Waals surface area contributed by atoms with E-state index in [1.807, 2.05) is 12.1 Å². The molecule has 0 aliphatic carbocycles. The van der Waals surface area contributed by atoms with Crippen LogP contribution in [0.1, 0.15) is 45.2 Å². The Kier molecular flexibility index (Phi) is 7.14. The molecule has 2 heterocycles. The van der Waals surface area contributed by atoms with Crippen molar-refractivity contribution in [1.82, 2.24) is 9.80 Å². The Morgan fingerprint density at radius 2 is 1.90 bits per heavy atom. The second kappa shape index (κ2) is 9.78. The number of hydrogen-bond donors (Lipinski definition) is 0. The van der Waals surface area contributed by atoms with Crippen molar-refractivity contribution in [2.75, 3.05) is 32.8 Å². The fourth-order valence-electron chi connectivity index (χ4n) is 3.42. The van der Waals surface area contributed by atoms with Gasteiger partial charge in [-0.05, 0) is 38.0 Å². The van der Waals surface area contributed by atoms with E-state index in [-0.39, 0.29) is 6.04 Å². The predicted octanol–water partition coefficient (Wildman–Crippen LogP) is 3.51. The van der Waals surface area contributed by atoms with Crippen molar-refractivity contribution >= 4 is 12.1 Å². The minimum Gasteiger partial charge on any atom is -0.494 e. The predicted molar refractivity (Wildman–Crippen MR) is 109 cm³/mol. The summed E-state index contributed by atoms with van der Waals surface area (Å²) in [6.45, 7) is 9.37. The van der Waals surface area contributed by atoms with Gasteiger partial charge in [0, 0.05) is 43.9 Å². The standard InChI is InChI=1S/C22H30N2O5/c1-4-5-14-27-19-8-6-18(7-9-19)17(3)23-10-12-24(13-11-23)22(26)29-20-15-16(2)21(25)28-20/h6-9,15,17,20H,4-5,10-14H2,1-3H3. The Hall–Kier alpha value is -2.54. The first-order valence-corrected chi connectivity index (χ1v) is 10.3. The molecule has 2 aliphatic rings. The topological polar surface area (TPSA) is 68.3 Å². The van der Waals surface area contributed by atoms with E-state index in [0.29, 0.717) is 18.7 Å². The van der Waals surface area contributed by atoms with Gasteiger partial charge in [-0.25, -0.2) is 9.59 Å². The van der Waals surface area contributed by atoms with Gasteiger partial charge in [0.2, 0.25) is 0 Å². The maximum absolute atomic E-state index is 12.3. The molecule has 0 N–H and O–H groups in total. The quantitative estimate of drug-likeness (QED) is 0.514. The lowest BCUT2D eigenvalue weighted by molar-refractivity contribution is -0.152. The molecule has 2 aliphatic heterocycles. The third-order valence-electron chi connectivity index (χ3n) is 5.40. The molecule has 1 saturated heterocycles. The number of ether oxygens (including phenoxy) is 3. The van der Waals surface area contributed by atoms with E-state index in [1.165, 1.54) is 11.6 Å². The molecule has 7 heteroatoms. The van der Waals surface area contributed by atoms with Crippen LogP contribution in [0.3, 0.4) is 0 Å². The van der Waals surface area contributed by atoms with Crippen molar-refractivity contribution in [1.29, 1.82) is 0 Å². The smallest absolute Gasteiger partial charge is 0.413 e. The number of unbranched alkanes of at least 4 members (excludes halogenated alkanes) is 1. The molecule has 1 aromatic carbocycles. The van der Waals surface area contributed by atoms with Crippen molar-refractivity contribution in [3.05, 3.63) is 41.5 Å². The minimum atomic E-state index is -0.912. The molecule has 0 spiro atoms. The highest BCUT2D eigenvalue weighted by molar-refractivity contribution is 5.90. The Balaban J connectivity index is 1.46. The van der Waals surface area contributed by atoms with Crippen LogP contribution < -0.4 is 4.74 Å². The summed E-state index contributed by atoms with van der Waals surface area (Å²) in [7, 11) is 0. The fraction of sp³-hybridized carbons (Fsp3) is 0.545. The van der Waals surface area contributed by atoms with Crippen molar-refractivity contribution in [2.24, 2.45) is 0 Å². The molecule has 3 rings (SSSR count). The first-order chi connectivity index (χ1) is 14.0. The number of hydrogen-bond acceptors (Lipinski definition) is 6. The molecule has 0 radical (unpaired) electrons. The van der Waals surface area contributed by atoms with Crippen molar-refractivity contribution in [2.45, 2.75) is 45.9 Å². The first-order valence-electron chi connectivity index (χ1n) is 10.3. The van der Waals surface area contributed by atoms with Gasteiger partial charge >= 0.3 is 12.1 Å². The highest BCUT2D eigenvalue weighted by atomic mass is 16.7. The molecule has 158 valence electrons. The van der Waals surface area contributed by atoms with Crippen LogP contribution in [0, 0.1) is 0 Å². The highest BCUT2D eigenvalue weighted by Crippen LogP contribution is 2.24. The van der Waals surface area contributed by atoms with E-state index < -0.39 is 18.4 Å². The van der Waals surface area contributed by atoms with Crippen LogP contribution >= 0.6 is 0 Å². The van der Waals surface area contributed by atoms with E-state index in [9.17, 15) is 9.59 Å². The first kappa shape index (κ1) is 21.2. The van der Waals surface area contributed by atoms with Gasteiger partial charge < -0.3 is 19.1 Å². The third kappa shape index (κ3) is 5.50. The Labute approximate surface area is 172 Å². The van der Waals surface area contributed by atoms with Gasteiger partial charge in [0.05, 0.1) is 6.61 Å². The molecule has 0 saturated carbocycles. The zero-order valence-corrected chi connectivity index (χ0v) is 17.4. The zero-order valence-electron chi connectivity index (χ0n) is 17.4. The monoisotopic (exact) mass is 402 g/mol. The maximum Gasteiger partial charge on any atom is 0.413 e. The molecule has 1 fully saturated rings. The van der Waals surface area contributed by atoms with Gasteiger partial charge in [-0.2, -0.15) is 0 Å². The average molecular weight is 402 g/mol. The molecule has 29 heavy (non-hydrogen) atoms. The minimum absolute atomic E-state index is 0.249. The number of nitrogens with zero attached hydrogens (tertiary/aromatic N) is 2. The molecule has 1 aromatic rings. The Morgan fingerprint density at radius 1 is 1.21 bits per heavy atom. The summed E-state index contributed by atoms with van der Waals surface area (Å²) in [6.07, 6.45) is 2.34. The molecule has 0 bridgehead atoms. The molecule has 2 atom stereocenters. The molecular weight excluding hydrogens is 372 g/mol. The SMILES string of the molecule is CCCCOc1ccc(C(C)N2CCN(C(=O)OC3C=C(C)C(=O)O3)CC2)cc1. The summed E-state index contributed by atoms with van der Waals surface area (Å²) in [5.74, 6) is 0.460. The number of carbonyl (C=O) groups is 2. The number of carbonyl (C=O) groups excluding carboxylic acids is 2. The summed E-state index contributed by atoms with van der Waals surface area (Å²) in [6, 6.07) is 8.51. The maximum atomic E-state index is 12.3. The summed E-state index contributed by atoms with van der Waals surface area (Å²) in [5.41, 5.74) is 1.69. The van der Waals surface area contributed by atoms with E-state index in [1.54, 1.807) is 11.8 Å². The van der Waals surface area contributed by atoms with Gasteiger partial charge in [-0.15, -0.1) is 0 Å². The largest absolute Gasteiger partial charge is 0.494 e. The Bertz CT molecular complexity index is 738. The van der Waals surface area contributed by atoms with E-state index in [4.69, 9.17) is 14.2 Å². The van der Waals surface area contributed by atoms with Crippen LogP contribution in [0.4, 0.5) is 4.79 Å². The highest BCUT2D eigenvalue weighted by Gasteiger charge is 2.30. The average Bonchev–Trinajstić information content (AvgIpc) is 3.05. The van der Waals surface area contributed by atoms with E-state index in [0.717, 1.165) is 38.3 Å². The summed E-state index contributed by atoms with van der Waals surface area (Å²) < 4.78 is 16.0. The van der Waals surface area contributed by atoms with Gasteiger partial charge in [0.25, 0.3) is 6.29 Å². The summed E-state index contributed by atoms with van der Waals surface area (Å²) >= 11 is 0. The molecule has 7 nitrogen and oxygen atoms in total. The summed E-state index contributed by atoms with van der Waals surface area (Å²) in [4.78, 5) is 27.7. The third-order valence-corrected chi connectivity index (χ3v) is 5.40. The number of esters is 1. The van der Waals surface area contributed by atoms with Crippen molar-refractivity contribution in [3.63, 3.8) is 0 Å². The van der Waals surface area contributed by atoms with E-state index >= 15 is 0 Å². The van der Waals surface area contributed by atoms with E-state index in [2.05, 4.69) is 30.9 Å². The molecule has 0 aromatic heterocycles. The molecular formula is C22H30N2O5. The fourth-order valence-corrected chi connectivity index (χ4v) is 3.42. The molecule has 2 unspecified atom stereocenters. The van der Waals surface area contributed by atoms with Crippen LogP contribution in [0.5, 0.6) is 5.75 Å². The Morgan fingerprint density at radius 3 is 2.48 bits per heavy atom. The number of rotatable bonds is 7. The lowest BCUT2D eigenvalue weighted by Crippen LogP contribution is -2.49. The van der Waals surface area contributed by atoms with Gasteiger partial charge in [0.15, 0.2) is 0 Å². The van der Waals surface area contributed by atoms with Gasteiger partial charge in [0.1, 0.15) is 5.75 Å². The van der Waals surface area contributed by atoms with Crippen LogP contribution in [0.25, 0.3) is 0 Å². The van der Waals surface area contributed by atoms with Crippen LogP contribution in [-0.2, 0) is 14.3 Å². The zero-order chi connectivity index (χ0) is 20.8. The number of cyclic esters (lactones) is 1. The lowest BCUT2D eigenvalue weighted by Gasteiger charge is -2.37. The summed E-state index contributed by atoms with van der Waals surface area (Å²) in [5, 5.41) is 0. The number of amides is 1. The van der Waals surface area contributed by atoms with Crippen LogP contribution in [0.2, 0.25) is 0 Å². The van der Waals surface area contributed by atoms with Crippen LogP contribution in [0.15, 0.2) is 35.9 Å². The van der Waals surface area contributed by atoms with Gasteiger partial charge in [-0.3, -0.25) is 4.90 Å².